The van der Waals surface area contributed by atoms with Crippen LogP contribution in [0.15, 0.2) is 30.6 Å². The molecule has 2 nitrogen and oxygen atoms in total. The Kier molecular flexibility index (Phi) is 2.05. The standard InChI is InChI=1S/C8H9NO/c1-2-3-8-4-6-9(10)7-5-8/h2-7H,1H3/b3-2+. The van der Waals surface area contributed by atoms with Crippen molar-refractivity contribution >= 4 is 6.08 Å². The zero-order chi connectivity index (χ0) is 7.40. The maximum Gasteiger partial charge on any atom is 0.180 e. The van der Waals surface area contributed by atoms with Gasteiger partial charge in [-0.1, -0.05) is 12.2 Å². The number of nitrogens with zero attached hydrogens (tertiary/aromatic N) is 1. The topological polar surface area (TPSA) is 26.9 Å². The second-order valence-electron chi connectivity index (χ2n) is 1.99. The van der Waals surface area contributed by atoms with Crippen molar-refractivity contribution in [3.8, 4) is 0 Å². The number of hydrogen-bond donors (Lipinski definition) is 0. The molecule has 0 N–H and O–H groups in total. The van der Waals surface area contributed by atoms with E-state index in [0.717, 1.165) is 10.3 Å². The Balaban J connectivity index is 2.89. The molecule has 2 heteroatoms. The molecule has 0 saturated carbocycles. The van der Waals surface area contributed by atoms with Gasteiger partial charge in [0, 0.05) is 12.1 Å². The molecule has 0 bridgehead atoms. The molecule has 1 aromatic heterocycles. The van der Waals surface area contributed by atoms with Crippen molar-refractivity contribution in [3.05, 3.63) is 41.4 Å². The van der Waals surface area contributed by atoms with E-state index in [-0.39, 0.29) is 0 Å². The molecule has 0 unspecified atom stereocenters. The lowest BCUT2D eigenvalue weighted by Gasteiger charge is -1.93. The summed E-state index contributed by atoms with van der Waals surface area (Å²) in [6.45, 7) is 1.94. The molecule has 0 aliphatic carbocycles. The fourth-order valence-corrected chi connectivity index (χ4v) is 0.728. The molecule has 0 aliphatic heterocycles. The van der Waals surface area contributed by atoms with Crippen LogP contribution >= 0.6 is 0 Å². The summed E-state index contributed by atoms with van der Waals surface area (Å²) in [5.41, 5.74) is 1.05. The number of pyridine rings is 1. The first-order chi connectivity index (χ1) is 4.83. The van der Waals surface area contributed by atoms with Gasteiger partial charge in [0.1, 0.15) is 0 Å². The van der Waals surface area contributed by atoms with Crippen LogP contribution in [0.3, 0.4) is 0 Å². The summed E-state index contributed by atoms with van der Waals surface area (Å²) in [4.78, 5) is 0. The Hall–Kier alpha value is -1.31. The second kappa shape index (κ2) is 3.01. The first kappa shape index (κ1) is 6.81. The van der Waals surface area contributed by atoms with Crippen LogP contribution in [-0.2, 0) is 0 Å². The molecule has 1 aromatic rings. The van der Waals surface area contributed by atoms with Crippen LogP contribution in [0.25, 0.3) is 6.08 Å². The van der Waals surface area contributed by atoms with Gasteiger partial charge in [-0.2, -0.15) is 4.73 Å². The zero-order valence-corrected chi connectivity index (χ0v) is 5.82. The van der Waals surface area contributed by atoms with Gasteiger partial charge in [-0.3, -0.25) is 0 Å². The number of rotatable bonds is 1. The summed E-state index contributed by atoms with van der Waals surface area (Å²) >= 11 is 0. The quantitative estimate of drug-likeness (QED) is 0.422. The van der Waals surface area contributed by atoms with Crippen molar-refractivity contribution in [2.24, 2.45) is 0 Å². The molecule has 0 fully saturated rings. The Morgan fingerprint density at radius 1 is 1.40 bits per heavy atom. The third-order valence-electron chi connectivity index (χ3n) is 1.19. The third-order valence-corrected chi connectivity index (χ3v) is 1.19. The molecule has 0 saturated heterocycles. The van der Waals surface area contributed by atoms with Crippen molar-refractivity contribution in [3.63, 3.8) is 0 Å². The van der Waals surface area contributed by atoms with Gasteiger partial charge < -0.3 is 5.21 Å². The maximum absolute atomic E-state index is 10.5. The number of aromatic nitrogens is 1. The number of allylic oxidation sites excluding steroid dienone is 1. The summed E-state index contributed by atoms with van der Waals surface area (Å²) in [5, 5.41) is 10.5. The average Bonchev–Trinajstić information content (AvgIpc) is 1.95. The van der Waals surface area contributed by atoms with Crippen molar-refractivity contribution in [1.82, 2.24) is 0 Å². The molecule has 0 aromatic carbocycles. The van der Waals surface area contributed by atoms with Crippen molar-refractivity contribution < 1.29 is 4.73 Å². The minimum atomic E-state index is 0.771. The summed E-state index contributed by atoms with van der Waals surface area (Å²) in [6, 6.07) is 3.54. The van der Waals surface area contributed by atoms with Gasteiger partial charge in [-0.25, -0.2) is 0 Å². The molecule has 0 atom stereocenters. The fraction of sp³-hybridized carbons (Fsp3) is 0.125. The lowest BCUT2D eigenvalue weighted by Crippen LogP contribution is -2.23. The Morgan fingerprint density at radius 3 is 2.50 bits per heavy atom. The van der Waals surface area contributed by atoms with Gasteiger partial charge in [0.05, 0.1) is 0 Å². The lowest BCUT2D eigenvalue weighted by molar-refractivity contribution is -0.605. The van der Waals surface area contributed by atoms with E-state index < -0.39 is 0 Å². The SMILES string of the molecule is C/C=C/c1cc[n+]([O-])cc1. The summed E-state index contributed by atoms with van der Waals surface area (Å²) in [7, 11) is 0. The minimum absolute atomic E-state index is 0.771. The van der Waals surface area contributed by atoms with E-state index in [1.54, 1.807) is 12.1 Å². The van der Waals surface area contributed by atoms with Crippen LogP contribution in [0.1, 0.15) is 12.5 Å². The Labute approximate surface area is 60.0 Å². The zero-order valence-electron chi connectivity index (χ0n) is 5.82. The second-order valence-corrected chi connectivity index (χ2v) is 1.99. The highest BCUT2D eigenvalue weighted by atomic mass is 16.5. The molecule has 0 spiro atoms. The van der Waals surface area contributed by atoms with Crippen LogP contribution < -0.4 is 4.73 Å². The van der Waals surface area contributed by atoms with E-state index in [2.05, 4.69) is 0 Å². The Bertz CT molecular complexity index is 226. The van der Waals surface area contributed by atoms with Gasteiger partial charge >= 0.3 is 0 Å². The van der Waals surface area contributed by atoms with Crippen molar-refractivity contribution in [2.75, 3.05) is 0 Å². The maximum atomic E-state index is 10.5. The molecule has 52 valence electrons. The van der Waals surface area contributed by atoms with Gasteiger partial charge in [0.2, 0.25) is 0 Å². The van der Waals surface area contributed by atoms with E-state index in [4.69, 9.17) is 0 Å². The average molecular weight is 135 g/mol. The van der Waals surface area contributed by atoms with E-state index >= 15 is 0 Å². The van der Waals surface area contributed by atoms with Crippen molar-refractivity contribution in [2.45, 2.75) is 6.92 Å². The van der Waals surface area contributed by atoms with E-state index in [0.29, 0.717) is 0 Å². The fourth-order valence-electron chi connectivity index (χ4n) is 0.728. The van der Waals surface area contributed by atoms with Crippen molar-refractivity contribution in [1.29, 1.82) is 0 Å². The highest BCUT2D eigenvalue weighted by molar-refractivity contribution is 5.46. The van der Waals surface area contributed by atoms with E-state index in [1.807, 2.05) is 19.1 Å². The molecule has 1 heterocycles. The molecular formula is C8H9NO. The molecule has 1 rings (SSSR count). The normalized spacial score (nSPS) is 10.5. The van der Waals surface area contributed by atoms with Crippen LogP contribution in [0.5, 0.6) is 0 Å². The lowest BCUT2D eigenvalue weighted by atomic mass is 10.2. The summed E-state index contributed by atoms with van der Waals surface area (Å²) in [5.74, 6) is 0. The van der Waals surface area contributed by atoms with Gasteiger partial charge in [-0.05, 0) is 12.5 Å². The highest BCUT2D eigenvalue weighted by Gasteiger charge is 1.87. The van der Waals surface area contributed by atoms with Gasteiger partial charge in [-0.15, -0.1) is 0 Å². The number of hydrogen-bond acceptors (Lipinski definition) is 1. The smallest absolute Gasteiger partial charge is 0.180 e. The predicted molar refractivity (Wildman–Crippen MR) is 40.1 cm³/mol. The van der Waals surface area contributed by atoms with Gasteiger partial charge in [0.15, 0.2) is 12.4 Å². The summed E-state index contributed by atoms with van der Waals surface area (Å²) in [6.07, 6.45) is 6.84. The molecule has 0 radical (unpaired) electrons. The monoisotopic (exact) mass is 135 g/mol. The highest BCUT2D eigenvalue weighted by Crippen LogP contribution is 1.96. The van der Waals surface area contributed by atoms with Gasteiger partial charge in [0.25, 0.3) is 0 Å². The Morgan fingerprint density at radius 2 is 2.00 bits per heavy atom. The molecule has 10 heavy (non-hydrogen) atoms. The van der Waals surface area contributed by atoms with Crippen LogP contribution in [0, 0.1) is 5.21 Å². The third kappa shape index (κ3) is 1.58. The van der Waals surface area contributed by atoms with Crippen LogP contribution in [0.4, 0.5) is 0 Å². The summed E-state index contributed by atoms with van der Waals surface area (Å²) < 4.78 is 0.771. The largest absolute Gasteiger partial charge is 0.619 e. The first-order valence-corrected chi connectivity index (χ1v) is 3.14. The molecular weight excluding hydrogens is 126 g/mol. The van der Waals surface area contributed by atoms with E-state index in [9.17, 15) is 5.21 Å². The van der Waals surface area contributed by atoms with E-state index in [1.165, 1.54) is 12.4 Å². The minimum Gasteiger partial charge on any atom is -0.619 e. The molecule has 0 aliphatic rings. The predicted octanol–water partition coefficient (Wildman–Crippen LogP) is 1.35. The molecule has 0 amide bonds. The van der Waals surface area contributed by atoms with Crippen LogP contribution in [-0.4, -0.2) is 0 Å². The first-order valence-electron chi connectivity index (χ1n) is 3.14. The van der Waals surface area contributed by atoms with Crippen LogP contribution in [0.2, 0.25) is 0 Å².